The minimum atomic E-state index is -4.40. The van der Waals surface area contributed by atoms with Crippen LogP contribution in [0.2, 0.25) is 0 Å². The second-order valence-electron chi connectivity index (χ2n) is 7.61. The van der Waals surface area contributed by atoms with Gasteiger partial charge < -0.3 is 15.6 Å². The van der Waals surface area contributed by atoms with Gasteiger partial charge in [0, 0.05) is 22.6 Å². The number of ether oxygens (including phenoxy) is 1. The second kappa shape index (κ2) is 10.7. The van der Waals surface area contributed by atoms with E-state index in [-0.39, 0.29) is 24.0 Å². The molecule has 11 heteroatoms. The van der Waals surface area contributed by atoms with E-state index in [4.69, 9.17) is 15.6 Å². The lowest BCUT2D eigenvalue weighted by atomic mass is 10.00. The van der Waals surface area contributed by atoms with Gasteiger partial charge in [0.1, 0.15) is 6.61 Å². The van der Waals surface area contributed by atoms with E-state index in [1.165, 1.54) is 12.1 Å². The summed E-state index contributed by atoms with van der Waals surface area (Å²) in [6, 6.07) is 12.3. The summed E-state index contributed by atoms with van der Waals surface area (Å²) in [6.45, 7) is 3.46. The Morgan fingerprint density at radius 2 is 1.82 bits per heavy atom. The number of aromatic carboxylic acids is 1. The zero-order chi connectivity index (χ0) is 24.9. The van der Waals surface area contributed by atoms with Crippen molar-refractivity contribution in [3.05, 3.63) is 65.2 Å². The topological polar surface area (TPSA) is 110 Å². The fraction of sp³-hybridized carbons (Fsp3) is 0.261. The molecule has 1 unspecified atom stereocenters. The summed E-state index contributed by atoms with van der Waals surface area (Å²) in [4.78, 5) is 20.6. The van der Waals surface area contributed by atoms with E-state index in [1.54, 1.807) is 18.2 Å². The average molecular weight is 493 g/mol. The van der Waals surface area contributed by atoms with Crippen molar-refractivity contribution in [1.82, 2.24) is 9.97 Å². The first-order valence-electron chi connectivity index (χ1n) is 10.2. The molecule has 0 aliphatic carbocycles. The van der Waals surface area contributed by atoms with Crippen LogP contribution in [-0.2, 0) is 0 Å². The predicted molar refractivity (Wildman–Crippen MR) is 124 cm³/mol. The number of anilines is 1. The van der Waals surface area contributed by atoms with E-state index < -0.39 is 24.6 Å². The molecule has 0 aliphatic rings. The highest BCUT2D eigenvalue weighted by molar-refractivity contribution is 8.00. The highest BCUT2D eigenvalue weighted by Crippen LogP contribution is 2.30. The molecule has 34 heavy (non-hydrogen) atoms. The SMILES string of the molecule is Cc1cccc(C)c1-c1cc(OCC(N)CC(F)(F)F)nc(NSc2cccc(C(=O)O)c2)n1. The maximum Gasteiger partial charge on any atom is 0.390 e. The van der Waals surface area contributed by atoms with Crippen molar-refractivity contribution < 1.29 is 27.8 Å². The molecule has 1 aromatic heterocycles. The van der Waals surface area contributed by atoms with Crippen molar-refractivity contribution in [1.29, 1.82) is 0 Å². The van der Waals surface area contributed by atoms with Crippen molar-refractivity contribution in [3.8, 4) is 17.1 Å². The minimum Gasteiger partial charge on any atom is -0.478 e. The number of hydrogen-bond acceptors (Lipinski definition) is 7. The summed E-state index contributed by atoms with van der Waals surface area (Å²) < 4.78 is 46.2. The summed E-state index contributed by atoms with van der Waals surface area (Å²) in [7, 11) is 0. The summed E-state index contributed by atoms with van der Waals surface area (Å²) in [6.07, 6.45) is -5.57. The summed E-state index contributed by atoms with van der Waals surface area (Å²) in [5.41, 5.74) is 8.95. The first-order valence-corrected chi connectivity index (χ1v) is 11.0. The van der Waals surface area contributed by atoms with Gasteiger partial charge in [0.15, 0.2) is 0 Å². The molecule has 0 fully saturated rings. The van der Waals surface area contributed by atoms with Crippen LogP contribution < -0.4 is 15.2 Å². The second-order valence-corrected chi connectivity index (χ2v) is 8.49. The van der Waals surface area contributed by atoms with Crippen LogP contribution in [0.5, 0.6) is 5.88 Å². The summed E-state index contributed by atoms with van der Waals surface area (Å²) >= 11 is 1.09. The van der Waals surface area contributed by atoms with E-state index in [0.717, 1.165) is 28.6 Å². The molecule has 0 amide bonds. The molecule has 1 heterocycles. The lowest BCUT2D eigenvalue weighted by Crippen LogP contribution is -2.33. The number of rotatable bonds is 9. The standard InChI is InChI=1S/C23H23F3N4O3S/c1-13-5-3-6-14(2)20(13)18-10-19(33-12-16(27)11-23(24,25)26)29-22(28-18)30-34-17-8-4-7-15(9-17)21(31)32/h3-10,16H,11-12,27H2,1-2H3,(H,31,32)(H,28,29,30). The zero-order valence-electron chi connectivity index (χ0n) is 18.4. The van der Waals surface area contributed by atoms with Crippen molar-refractivity contribution in [3.63, 3.8) is 0 Å². The van der Waals surface area contributed by atoms with E-state index in [1.807, 2.05) is 32.0 Å². The van der Waals surface area contributed by atoms with Crippen molar-refractivity contribution >= 4 is 23.9 Å². The monoisotopic (exact) mass is 492 g/mol. The van der Waals surface area contributed by atoms with Crippen LogP contribution >= 0.6 is 11.9 Å². The first-order chi connectivity index (χ1) is 16.0. The Bertz CT molecular complexity index is 1150. The van der Waals surface area contributed by atoms with Crippen molar-refractivity contribution in [2.75, 3.05) is 11.3 Å². The van der Waals surface area contributed by atoms with Gasteiger partial charge in [0.2, 0.25) is 11.8 Å². The fourth-order valence-electron chi connectivity index (χ4n) is 3.24. The molecule has 0 bridgehead atoms. The first kappa shape index (κ1) is 25.3. The van der Waals surface area contributed by atoms with Gasteiger partial charge in [-0.05, 0) is 55.1 Å². The van der Waals surface area contributed by atoms with Gasteiger partial charge in [-0.25, -0.2) is 9.78 Å². The Morgan fingerprint density at radius 3 is 2.47 bits per heavy atom. The molecule has 0 saturated heterocycles. The molecule has 4 N–H and O–H groups in total. The van der Waals surface area contributed by atoms with Gasteiger partial charge in [-0.15, -0.1) is 0 Å². The van der Waals surface area contributed by atoms with Gasteiger partial charge in [0.25, 0.3) is 0 Å². The van der Waals surface area contributed by atoms with Gasteiger partial charge in [-0.2, -0.15) is 18.2 Å². The number of nitrogens with zero attached hydrogens (tertiary/aromatic N) is 2. The number of carbonyl (C=O) groups is 1. The van der Waals surface area contributed by atoms with E-state index in [2.05, 4.69) is 14.7 Å². The third-order valence-corrected chi connectivity index (χ3v) is 5.49. The van der Waals surface area contributed by atoms with Crippen molar-refractivity contribution in [2.24, 2.45) is 5.73 Å². The number of hydrogen-bond donors (Lipinski definition) is 3. The number of benzene rings is 2. The molecule has 0 aliphatic heterocycles. The molecule has 2 aromatic carbocycles. The molecule has 0 radical (unpaired) electrons. The molecule has 1 atom stereocenters. The van der Waals surface area contributed by atoms with Crippen LogP contribution in [-0.4, -0.2) is 39.9 Å². The Labute approximate surface area is 198 Å². The van der Waals surface area contributed by atoms with Crippen LogP contribution in [0.15, 0.2) is 53.4 Å². The minimum absolute atomic E-state index is 0.0627. The van der Waals surface area contributed by atoms with Gasteiger partial charge in [0.05, 0.1) is 17.7 Å². The van der Waals surface area contributed by atoms with E-state index in [9.17, 15) is 18.0 Å². The average Bonchev–Trinajstić information content (AvgIpc) is 2.75. The Balaban J connectivity index is 1.88. The molecule has 3 aromatic rings. The van der Waals surface area contributed by atoms with Crippen LogP contribution in [0.4, 0.5) is 19.1 Å². The quantitative estimate of drug-likeness (QED) is 0.348. The van der Waals surface area contributed by atoms with Crippen LogP contribution in [0, 0.1) is 13.8 Å². The maximum atomic E-state index is 12.6. The fourth-order valence-corrected chi connectivity index (χ4v) is 3.87. The number of nitrogens with two attached hydrogens (primary N) is 1. The summed E-state index contributed by atoms with van der Waals surface area (Å²) in [5.74, 6) is -0.848. The van der Waals surface area contributed by atoms with E-state index >= 15 is 0 Å². The predicted octanol–water partition coefficient (Wildman–Crippen LogP) is 5.24. The number of aromatic nitrogens is 2. The lowest BCUT2D eigenvalue weighted by molar-refractivity contribution is -0.139. The number of aryl methyl sites for hydroxylation is 2. The van der Waals surface area contributed by atoms with Gasteiger partial charge >= 0.3 is 12.1 Å². The molecule has 7 nitrogen and oxygen atoms in total. The van der Waals surface area contributed by atoms with E-state index in [0.29, 0.717) is 10.6 Å². The number of carboxylic acid groups (broad SMARTS) is 1. The number of carboxylic acids is 1. The Kier molecular flexibility index (Phi) is 8.00. The molecular formula is C23H23F3N4O3S. The largest absolute Gasteiger partial charge is 0.478 e. The molecule has 0 spiro atoms. The lowest BCUT2D eigenvalue weighted by Gasteiger charge is -2.16. The normalized spacial score (nSPS) is 12.3. The van der Waals surface area contributed by atoms with Crippen molar-refractivity contribution in [2.45, 2.75) is 37.4 Å². The number of alkyl halides is 3. The van der Waals surface area contributed by atoms with Crippen LogP contribution in [0.3, 0.4) is 0 Å². The zero-order valence-corrected chi connectivity index (χ0v) is 19.2. The highest BCUT2D eigenvalue weighted by Gasteiger charge is 2.30. The van der Waals surface area contributed by atoms with Gasteiger partial charge in [-0.3, -0.25) is 4.72 Å². The molecule has 180 valence electrons. The van der Waals surface area contributed by atoms with Crippen LogP contribution in [0.25, 0.3) is 11.3 Å². The third-order valence-electron chi connectivity index (χ3n) is 4.72. The van der Waals surface area contributed by atoms with Crippen LogP contribution in [0.1, 0.15) is 27.9 Å². The maximum absolute atomic E-state index is 12.6. The highest BCUT2D eigenvalue weighted by atomic mass is 32.2. The summed E-state index contributed by atoms with van der Waals surface area (Å²) in [5, 5.41) is 9.17. The Hall–Kier alpha value is -3.31. The molecule has 3 rings (SSSR count). The number of nitrogens with one attached hydrogen (secondary N) is 1. The molecule has 0 saturated carbocycles. The number of halogens is 3. The Morgan fingerprint density at radius 1 is 1.15 bits per heavy atom. The smallest absolute Gasteiger partial charge is 0.390 e. The van der Waals surface area contributed by atoms with Gasteiger partial charge in [-0.1, -0.05) is 24.3 Å². The molecular weight excluding hydrogens is 469 g/mol. The third kappa shape index (κ3) is 7.09.